The van der Waals surface area contributed by atoms with Gasteiger partial charge in [-0.3, -0.25) is 4.90 Å². The van der Waals surface area contributed by atoms with Crippen molar-refractivity contribution in [1.29, 1.82) is 0 Å². The van der Waals surface area contributed by atoms with E-state index in [-0.39, 0.29) is 6.10 Å². The number of hydrogen-bond donors (Lipinski definition) is 1. The van der Waals surface area contributed by atoms with Crippen LogP contribution in [0.1, 0.15) is 32.2 Å². The van der Waals surface area contributed by atoms with Gasteiger partial charge in [0.05, 0.1) is 12.6 Å². The molecule has 1 aromatic heterocycles. The van der Waals surface area contributed by atoms with Gasteiger partial charge in [0.15, 0.2) is 0 Å². The fourth-order valence-corrected chi connectivity index (χ4v) is 2.10. The second-order valence-corrected chi connectivity index (χ2v) is 5.74. The van der Waals surface area contributed by atoms with E-state index < -0.39 is 0 Å². The molecule has 0 amide bonds. The lowest BCUT2D eigenvalue weighted by Crippen LogP contribution is -2.36. The molecule has 0 radical (unpaired) electrons. The van der Waals surface area contributed by atoms with Crippen LogP contribution in [0.5, 0.6) is 0 Å². The standard InChI is InChI=1S/C16H23N3O2/c1-11(2)19(9-13(4)20)10-15-17-18-16(21-15)14-7-5-12(3)6-8-14/h5-8,11,13,20H,9-10H2,1-4H3. The van der Waals surface area contributed by atoms with Crippen molar-refractivity contribution in [3.05, 3.63) is 35.7 Å². The SMILES string of the molecule is Cc1ccc(-c2nnc(CN(CC(C)O)C(C)C)o2)cc1. The van der Waals surface area contributed by atoms with Gasteiger partial charge in [-0.05, 0) is 39.8 Å². The van der Waals surface area contributed by atoms with Gasteiger partial charge in [0.25, 0.3) is 0 Å². The molecule has 5 heteroatoms. The summed E-state index contributed by atoms with van der Waals surface area (Å²) in [7, 11) is 0. The van der Waals surface area contributed by atoms with Gasteiger partial charge in [-0.2, -0.15) is 0 Å². The van der Waals surface area contributed by atoms with Gasteiger partial charge in [0.2, 0.25) is 11.8 Å². The Bertz CT molecular complexity index is 561. The van der Waals surface area contributed by atoms with Gasteiger partial charge in [-0.1, -0.05) is 17.7 Å². The van der Waals surface area contributed by atoms with Gasteiger partial charge < -0.3 is 9.52 Å². The lowest BCUT2D eigenvalue weighted by Gasteiger charge is -2.25. The molecule has 1 heterocycles. The van der Waals surface area contributed by atoms with Crippen LogP contribution in [0.4, 0.5) is 0 Å². The molecule has 5 nitrogen and oxygen atoms in total. The highest BCUT2D eigenvalue weighted by Crippen LogP contribution is 2.19. The summed E-state index contributed by atoms with van der Waals surface area (Å²) in [5.41, 5.74) is 2.12. The van der Waals surface area contributed by atoms with Crippen LogP contribution in [0.3, 0.4) is 0 Å². The largest absolute Gasteiger partial charge is 0.419 e. The van der Waals surface area contributed by atoms with E-state index in [1.807, 2.05) is 31.2 Å². The van der Waals surface area contributed by atoms with Crippen LogP contribution in [0, 0.1) is 6.92 Å². The van der Waals surface area contributed by atoms with Gasteiger partial charge in [0, 0.05) is 18.2 Å². The third-order valence-corrected chi connectivity index (χ3v) is 3.33. The Hall–Kier alpha value is -1.72. The summed E-state index contributed by atoms with van der Waals surface area (Å²) < 4.78 is 5.73. The molecule has 1 N–H and O–H groups in total. The molecule has 0 aliphatic rings. The lowest BCUT2D eigenvalue weighted by atomic mass is 10.1. The van der Waals surface area contributed by atoms with Crippen LogP contribution in [0.15, 0.2) is 28.7 Å². The summed E-state index contributed by atoms with van der Waals surface area (Å²) in [6.45, 7) is 9.11. The smallest absolute Gasteiger partial charge is 0.247 e. The number of rotatable bonds is 6. The third kappa shape index (κ3) is 4.37. The molecule has 2 aromatic rings. The van der Waals surface area contributed by atoms with Crippen LogP contribution in [-0.2, 0) is 6.54 Å². The van der Waals surface area contributed by atoms with E-state index in [9.17, 15) is 5.11 Å². The molecule has 2 rings (SSSR count). The minimum Gasteiger partial charge on any atom is -0.419 e. The Labute approximate surface area is 125 Å². The van der Waals surface area contributed by atoms with Gasteiger partial charge >= 0.3 is 0 Å². The summed E-state index contributed by atoms with van der Waals surface area (Å²) >= 11 is 0. The van der Waals surface area contributed by atoms with Gasteiger partial charge in [-0.25, -0.2) is 0 Å². The normalized spacial score (nSPS) is 13.1. The Morgan fingerprint density at radius 1 is 1.14 bits per heavy atom. The monoisotopic (exact) mass is 289 g/mol. The topological polar surface area (TPSA) is 62.4 Å². The van der Waals surface area contributed by atoms with E-state index in [1.165, 1.54) is 5.56 Å². The predicted octanol–water partition coefficient (Wildman–Crippen LogP) is 2.64. The zero-order chi connectivity index (χ0) is 15.4. The molecule has 0 bridgehead atoms. The highest BCUT2D eigenvalue weighted by atomic mass is 16.4. The Morgan fingerprint density at radius 3 is 2.38 bits per heavy atom. The first kappa shape index (κ1) is 15.7. The first-order chi connectivity index (χ1) is 9.95. The van der Waals surface area contributed by atoms with Crippen molar-refractivity contribution >= 4 is 0 Å². The van der Waals surface area contributed by atoms with E-state index in [4.69, 9.17) is 4.42 Å². The molecule has 0 saturated heterocycles. The van der Waals surface area contributed by atoms with E-state index in [1.54, 1.807) is 6.92 Å². The molecule has 21 heavy (non-hydrogen) atoms. The maximum absolute atomic E-state index is 9.55. The number of aliphatic hydroxyl groups excluding tert-OH is 1. The maximum Gasteiger partial charge on any atom is 0.247 e. The highest BCUT2D eigenvalue weighted by Gasteiger charge is 2.16. The fourth-order valence-electron chi connectivity index (χ4n) is 2.10. The molecule has 1 atom stereocenters. The zero-order valence-corrected chi connectivity index (χ0v) is 13.1. The molecule has 114 valence electrons. The van der Waals surface area contributed by atoms with Crippen molar-refractivity contribution < 1.29 is 9.52 Å². The molecular formula is C16H23N3O2. The lowest BCUT2D eigenvalue weighted by molar-refractivity contribution is 0.0963. The van der Waals surface area contributed by atoms with Crippen molar-refractivity contribution in [2.45, 2.75) is 46.4 Å². The zero-order valence-electron chi connectivity index (χ0n) is 13.1. The maximum atomic E-state index is 9.55. The quantitative estimate of drug-likeness (QED) is 0.885. The highest BCUT2D eigenvalue weighted by molar-refractivity contribution is 5.52. The van der Waals surface area contributed by atoms with E-state index in [0.29, 0.717) is 30.9 Å². The van der Waals surface area contributed by atoms with Crippen LogP contribution in [0.25, 0.3) is 11.5 Å². The molecule has 0 aliphatic heterocycles. The molecule has 0 spiro atoms. The van der Waals surface area contributed by atoms with Crippen molar-refractivity contribution in [3.63, 3.8) is 0 Å². The second kappa shape index (κ2) is 6.83. The predicted molar refractivity (Wildman–Crippen MR) is 81.7 cm³/mol. The minimum atomic E-state index is -0.383. The van der Waals surface area contributed by atoms with E-state index in [2.05, 4.69) is 28.9 Å². The molecule has 0 fully saturated rings. The molecular weight excluding hydrogens is 266 g/mol. The molecule has 0 saturated carbocycles. The number of aryl methyl sites for hydroxylation is 1. The summed E-state index contributed by atoms with van der Waals surface area (Å²) in [4.78, 5) is 2.11. The number of benzene rings is 1. The number of aliphatic hydroxyl groups is 1. The van der Waals surface area contributed by atoms with E-state index >= 15 is 0 Å². The fraction of sp³-hybridized carbons (Fsp3) is 0.500. The van der Waals surface area contributed by atoms with Crippen LogP contribution >= 0.6 is 0 Å². The van der Waals surface area contributed by atoms with Crippen molar-refractivity contribution in [1.82, 2.24) is 15.1 Å². The molecule has 1 aromatic carbocycles. The summed E-state index contributed by atoms with van der Waals surface area (Å²) in [5.74, 6) is 1.10. The van der Waals surface area contributed by atoms with Crippen LogP contribution in [-0.4, -0.2) is 38.9 Å². The third-order valence-electron chi connectivity index (χ3n) is 3.33. The first-order valence-electron chi connectivity index (χ1n) is 7.27. The van der Waals surface area contributed by atoms with Crippen LogP contribution in [0.2, 0.25) is 0 Å². The Morgan fingerprint density at radius 2 is 1.81 bits per heavy atom. The number of hydrogen-bond acceptors (Lipinski definition) is 5. The van der Waals surface area contributed by atoms with Crippen molar-refractivity contribution in [3.8, 4) is 11.5 Å². The minimum absolute atomic E-state index is 0.300. The van der Waals surface area contributed by atoms with Crippen molar-refractivity contribution in [2.75, 3.05) is 6.54 Å². The molecule has 1 unspecified atom stereocenters. The van der Waals surface area contributed by atoms with E-state index in [0.717, 1.165) is 5.56 Å². The first-order valence-corrected chi connectivity index (χ1v) is 7.27. The van der Waals surface area contributed by atoms with Crippen molar-refractivity contribution in [2.24, 2.45) is 0 Å². The summed E-state index contributed by atoms with van der Waals surface area (Å²) in [6.07, 6.45) is -0.383. The Kier molecular flexibility index (Phi) is 5.09. The van der Waals surface area contributed by atoms with Gasteiger partial charge in [-0.15, -0.1) is 10.2 Å². The number of aromatic nitrogens is 2. The Balaban J connectivity index is 2.10. The summed E-state index contributed by atoms with van der Waals surface area (Å²) in [5, 5.41) is 17.8. The summed E-state index contributed by atoms with van der Waals surface area (Å²) in [6, 6.07) is 8.29. The molecule has 0 aliphatic carbocycles. The number of nitrogens with zero attached hydrogens (tertiary/aromatic N) is 3. The van der Waals surface area contributed by atoms with Gasteiger partial charge in [0.1, 0.15) is 0 Å². The second-order valence-electron chi connectivity index (χ2n) is 5.74. The average Bonchev–Trinajstić information content (AvgIpc) is 2.87. The average molecular weight is 289 g/mol. The van der Waals surface area contributed by atoms with Crippen LogP contribution < -0.4 is 0 Å².